The molecule has 0 spiro atoms. The van der Waals surface area contributed by atoms with Gasteiger partial charge in [-0.15, -0.1) is 0 Å². The van der Waals surface area contributed by atoms with Gasteiger partial charge in [-0.3, -0.25) is 14.7 Å². The largest absolute Gasteiger partial charge is 0.401 e. The van der Waals surface area contributed by atoms with Crippen molar-refractivity contribution in [1.82, 2.24) is 15.1 Å². The Kier molecular flexibility index (Phi) is 9.02. The Morgan fingerprint density at radius 2 is 2.16 bits per heavy atom. The molecule has 0 aromatic heterocycles. The number of hydrogen-bond acceptors (Lipinski definition) is 3. The summed E-state index contributed by atoms with van der Waals surface area (Å²) in [5.41, 5.74) is 5.29. The molecule has 1 saturated heterocycles. The Hall–Kier alpha value is -1.51. The number of likely N-dealkylation sites (tertiary alicyclic amines) is 1. The number of primary amides is 1. The van der Waals surface area contributed by atoms with Gasteiger partial charge in [-0.25, -0.2) is 0 Å². The molecule has 6 nitrogen and oxygen atoms in total. The van der Waals surface area contributed by atoms with Crippen molar-refractivity contribution in [2.75, 3.05) is 46.3 Å². The van der Waals surface area contributed by atoms with E-state index in [0.717, 1.165) is 31.9 Å². The highest BCUT2D eigenvalue weighted by Crippen LogP contribution is 2.19. The molecule has 1 heterocycles. The molecule has 0 aromatic rings. The molecule has 0 aliphatic carbocycles. The van der Waals surface area contributed by atoms with Crippen molar-refractivity contribution in [2.45, 2.75) is 38.8 Å². The maximum atomic E-state index is 12.3. The van der Waals surface area contributed by atoms with Gasteiger partial charge in [0.15, 0.2) is 5.96 Å². The van der Waals surface area contributed by atoms with Gasteiger partial charge in [-0.05, 0) is 45.7 Å². The summed E-state index contributed by atoms with van der Waals surface area (Å²) in [5.74, 6) is 0.699. The van der Waals surface area contributed by atoms with Gasteiger partial charge >= 0.3 is 6.18 Å². The maximum Gasteiger partial charge on any atom is 0.401 e. The Bertz CT molecular complexity index is 442. The third kappa shape index (κ3) is 9.52. The first-order valence-corrected chi connectivity index (χ1v) is 8.78. The van der Waals surface area contributed by atoms with Gasteiger partial charge in [-0.1, -0.05) is 0 Å². The molecule has 1 aliphatic rings. The van der Waals surface area contributed by atoms with Crippen LogP contribution < -0.4 is 11.1 Å². The summed E-state index contributed by atoms with van der Waals surface area (Å²) in [6, 6.07) is 0. The summed E-state index contributed by atoms with van der Waals surface area (Å²) in [6.45, 7) is 4.16. The molecule has 0 saturated carbocycles. The molecule has 1 amide bonds. The molecule has 0 radical (unpaired) electrons. The molecular weight excluding hydrogens is 335 g/mol. The second-order valence-electron chi connectivity index (χ2n) is 6.57. The molecule has 1 rings (SSSR count). The number of amides is 1. The molecule has 25 heavy (non-hydrogen) atoms. The average molecular weight is 365 g/mol. The summed E-state index contributed by atoms with van der Waals surface area (Å²) in [4.78, 5) is 19.0. The first-order chi connectivity index (χ1) is 11.7. The zero-order valence-electron chi connectivity index (χ0n) is 15.1. The fourth-order valence-corrected chi connectivity index (χ4v) is 3.05. The summed E-state index contributed by atoms with van der Waals surface area (Å²) in [7, 11) is 1.46. The lowest BCUT2D eigenvalue weighted by molar-refractivity contribution is -0.143. The van der Waals surface area contributed by atoms with Gasteiger partial charge < -0.3 is 16.0 Å². The van der Waals surface area contributed by atoms with Gasteiger partial charge in [0.1, 0.15) is 0 Å². The van der Waals surface area contributed by atoms with E-state index in [4.69, 9.17) is 5.73 Å². The zero-order chi connectivity index (χ0) is 18.9. The third-order valence-electron chi connectivity index (χ3n) is 4.05. The van der Waals surface area contributed by atoms with Crippen molar-refractivity contribution in [3.63, 3.8) is 0 Å². The molecule has 0 aromatic carbocycles. The number of hydrogen-bond donors (Lipinski definition) is 2. The molecule has 1 unspecified atom stereocenters. The van der Waals surface area contributed by atoms with Crippen LogP contribution in [0.2, 0.25) is 0 Å². The number of halogens is 3. The van der Waals surface area contributed by atoms with Crippen molar-refractivity contribution in [3.8, 4) is 0 Å². The predicted octanol–water partition coefficient (Wildman–Crippen LogP) is 1.42. The molecular formula is C16H30F3N5O. The van der Waals surface area contributed by atoms with Crippen molar-refractivity contribution >= 4 is 11.9 Å². The zero-order valence-corrected chi connectivity index (χ0v) is 15.1. The van der Waals surface area contributed by atoms with Crippen molar-refractivity contribution in [1.29, 1.82) is 0 Å². The molecule has 1 aliphatic heterocycles. The van der Waals surface area contributed by atoms with E-state index in [-0.39, 0.29) is 11.8 Å². The summed E-state index contributed by atoms with van der Waals surface area (Å²) in [5, 5.41) is 3.22. The van der Waals surface area contributed by atoms with Crippen LogP contribution in [-0.4, -0.2) is 74.2 Å². The highest BCUT2D eigenvalue weighted by molar-refractivity contribution is 5.80. The number of alkyl halides is 3. The van der Waals surface area contributed by atoms with E-state index in [1.807, 2.05) is 6.92 Å². The van der Waals surface area contributed by atoms with Crippen LogP contribution in [0.3, 0.4) is 0 Å². The minimum absolute atomic E-state index is 0.230. The van der Waals surface area contributed by atoms with E-state index >= 15 is 0 Å². The predicted molar refractivity (Wildman–Crippen MR) is 92.3 cm³/mol. The average Bonchev–Trinajstić information content (AvgIpc) is 2.48. The number of aliphatic imine (C=N–C) groups is 1. The summed E-state index contributed by atoms with van der Waals surface area (Å²) < 4.78 is 36.9. The Labute approximate surface area is 147 Å². The van der Waals surface area contributed by atoms with Crippen molar-refractivity contribution < 1.29 is 18.0 Å². The van der Waals surface area contributed by atoms with Gasteiger partial charge in [0.2, 0.25) is 5.91 Å². The number of piperidine rings is 1. The van der Waals surface area contributed by atoms with Gasteiger partial charge in [-0.2, -0.15) is 13.2 Å². The maximum absolute atomic E-state index is 12.3. The highest BCUT2D eigenvalue weighted by Gasteiger charge is 2.28. The molecule has 146 valence electrons. The SMILES string of the molecule is CCNC(=NCCCN(C)CC(F)(F)F)N1CCCC(CC(N)=O)C1. The van der Waals surface area contributed by atoms with E-state index in [9.17, 15) is 18.0 Å². The topological polar surface area (TPSA) is 74.0 Å². The van der Waals surface area contributed by atoms with Crippen molar-refractivity contribution in [2.24, 2.45) is 16.6 Å². The van der Waals surface area contributed by atoms with E-state index in [1.54, 1.807) is 0 Å². The van der Waals surface area contributed by atoms with Gasteiger partial charge in [0.25, 0.3) is 0 Å². The first kappa shape index (κ1) is 21.5. The van der Waals surface area contributed by atoms with Crippen LogP contribution in [0.25, 0.3) is 0 Å². The minimum Gasteiger partial charge on any atom is -0.370 e. The second-order valence-corrected chi connectivity index (χ2v) is 6.57. The number of nitrogens with one attached hydrogen (secondary N) is 1. The number of carbonyl (C=O) groups is 1. The van der Waals surface area contributed by atoms with Gasteiger partial charge in [0.05, 0.1) is 6.54 Å². The molecule has 1 fully saturated rings. The van der Waals surface area contributed by atoms with Gasteiger partial charge in [0, 0.05) is 32.6 Å². The molecule has 0 bridgehead atoms. The third-order valence-corrected chi connectivity index (χ3v) is 4.05. The minimum atomic E-state index is -4.17. The Morgan fingerprint density at radius 3 is 2.76 bits per heavy atom. The standard InChI is InChI=1S/C16H30F3N5O/c1-3-21-15(22-7-5-8-23(2)12-16(17,18)19)24-9-4-6-13(11-24)10-14(20)25/h13H,3-12H2,1-2H3,(H2,20,25)(H,21,22). The van der Waals surface area contributed by atoms with E-state index in [2.05, 4.69) is 15.2 Å². The fraction of sp³-hybridized carbons (Fsp3) is 0.875. The number of rotatable bonds is 8. The van der Waals surface area contributed by atoms with Crippen LogP contribution in [0.5, 0.6) is 0 Å². The Morgan fingerprint density at radius 1 is 1.44 bits per heavy atom. The van der Waals surface area contributed by atoms with Crippen LogP contribution in [0.1, 0.15) is 32.6 Å². The summed E-state index contributed by atoms with van der Waals surface area (Å²) in [6.07, 6.45) is -1.30. The monoisotopic (exact) mass is 365 g/mol. The number of nitrogens with two attached hydrogens (primary N) is 1. The lowest BCUT2D eigenvalue weighted by Crippen LogP contribution is -2.47. The van der Waals surface area contributed by atoms with Crippen LogP contribution in [0.15, 0.2) is 4.99 Å². The summed E-state index contributed by atoms with van der Waals surface area (Å²) >= 11 is 0. The van der Waals surface area contributed by atoms with Crippen LogP contribution in [0.4, 0.5) is 13.2 Å². The van der Waals surface area contributed by atoms with Crippen LogP contribution >= 0.6 is 0 Å². The highest BCUT2D eigenvalue weighted by atomic mass is 19.4. The smallest absolute Gasteiger partial charge is 0.370 e. The molecule has 9 heteroatoms. The van der Waals surface area contributed by atoms with E-state index in [1.165, 1.54) is 11.9 Å². The Balaban J connectivity index is 2.49. The quantitative estimate of drug-likeness (QED) is 0.388. The first-order valence-electron chi connectivity index (χ1n) is 8.78. The van der Waals surface area contributed by atoms with Crippen molar-refractivity contribution in [3.05, 3.63) is 0 Å². The van der Waals surface area contributed by atoms with E-state index in [0.29, 0.717) is 32.5 Å². The molecule has 3 N–H and O–H groups in total. The van der Waals surface area contributed by atoms with Crippen LogP contribution in [0, 0.1) is 5.92 Å². The lowest BCUT2D eigenvalue weighted by Gasteiger charge is -2.34. The number of nitrogens with zero attached hydrogens (tertiary/aromatic N) is 3. The number of guanidine groups is 1. The second kappa shape index (κ2) is 10.5. The lowest BCUT2D eigenvalue weighted by atomic mass is 9.95. The fourth-order valence-electron chi connectivity index (χ4n) is 3.05. The van der Waals surface area contributed by atoms with Crippen LogP contribution in [-0.2, 0) is 4.79 Å². The van der Waals surface area contributed by atoms with E-state index < -0.39 is 12.7 Å². The number of carbonyl (C=O) groups excluding carboxylic acids is 1. The molecule has 1 atom stereocenters. The normalized spacial score (nSPS) is 19.4.